The molecule has 0 aromatic carbocycles. The molecule has 2 heterocycles. The molecule has 6 nitrogen and oxygen atoms in total. The Labute approximate surface area is 140 Å². The summed E-state index contributed by atoms with van der Waals surface area (Å²) in [4.78, 5) is 23.6. The van der Waals surface area contributed by atoms with Gasteiger partial charge in [-0.1, -0.05) is 0 Å². The number of aromatic nitrogens is 2. The minimum atomic E-state index is 0.235. The number of aryl methyl sites for hydroxylation is 1. The average molecular weight is 321 g/mol. The second-order valence-electron chi connectivity index (χ2n) is 6.76. The lowest BCUT2D eigenvalue weighted by atomic mass is 10.2. The molecule has 0 atom stereocenters. The predicted octanol–water partition coefficient (Wildman–Crippen LogP) is 1.67. The summed E-state index contributed by atoms with van der Waals surface area (Å²) in [5.74, 6) is 1.28. The van der Waals surface area contributed by atoms with E-state index in [0.29, 0.717) is 6.54 Å². The molecule has 1 aromatic heterocycles. The maximum Gasteiger partial charge on any atom is 0.237 e. The smallest absolute Gasteiger partial charge is 0.237 e. The minimum absolute atomic E-state index is 0.235. The van der Waals surface area contributed by atoms with Crippen molar-refractivity contribution in [2.45, 2.75) is 53.2 Å². The van der Waals surface area contributed by atoms with Crippen LogP contribution >= 0.6 is 0 Å². The highest BCUT2D eigenvalue weighted by Crippen LogP contribution is 2.15. The highest BCUT2D eigenvalue weighted by molar-refractivity contribution is 5.78. The van der Waals surface area contributed by atoms with Crippen LogP contribution < -0.4 is 4.90 Å². The van der Waals surface area contributed by atoms with Gasteiger partial charge in [-0.15, -0.1) is 0 Å². The first kappa shape index (κ1) is 17.8. The zero-order valence-electron chi connectivity index (χ0n) is 15.2. The number of amides is 1. The van der Waals surface area contributed by atoms with E-state index in [1.165, 1.54) is 0 Å². The number of nitrogens with zero attached hydrogens (tertiary/aromatic N) is 5. The second kappa shape index (κ2) is 7.81. The zero-order valence-corrected chi connectivity index (χ0v) is 15.2. The Balaban J connectivity index is 1.88. The Kier molecular flexibility index (Phi) is 6.04. The van der Waals surface area contributed by atoms with Crippen LogP contribution in [0.5, 0.6) is 0 Å². The molecular formula is C17H31N5O. The standard InChI is InChI=1S/C17H31N5O/c1-6-20-8-7-18-17(20)21-11-9-19(10-12-21)13-16(23)22(14(2)3)15(4)5/h7-8,14-15H,6,9-13H2,1-5H3. The summed E-state index contributed by atoms with van der Waals surface area (Å²) < 4.78 is 2.17. The van der Waals surface area contributed by atoms with Gasteiger partial charge in [0.1, 0.15) is 0 Å². The SMILES string of the molecule is CCn1ccnc1N1CCN(CC(=O)N(C(C)C)C(C)C)CC1. The van der Waals surface area contributed by atoms with Crippen molar-refractivity contribution in [2.24, 2.45) is 0 Å². The zero-order chi connectivity index (χ0) is 17.0. The molecule has 1 aliphatic rings. The van der Waals surface area contributed by atoms with Crippen LogP contribution in [0.25, 0.3) is 0 Å². The van der Waals surface area contributed by atoms with Crippen molar-refractivity contribution in [3.05, 3.63) is 12.4 Å². The van der Waals surface area contributed by atoms with E-state index in [2.05, 4.69) is 54.0 Å². The van der Waals surface area contributed by atoms with Crippen LogP contribution in [0.1, 0.15) is 34.6 Å². The Hall–Kier alpha value is -1.56. The molecule has 0 unspecified atom stereocenters. The van der Waals surface area contributed by atoms with Gasteiger partial charge in [0.15, 0.2) is 0 Å². The topological polar surface area (TPSA) is 44.6 Å². The van der Waals surface area contributed by atoms with Crippen molar-refractivity contribution in [1.82, 2.24) is 19.4 Å². The fraction of sp³-hybridized carbons (Fsp3) is 0.765. The van der Waals surface area contributed by atoms with E-state index in [9.17, 15) is 4.79 Å². The molecule has 0 saturated carbocycles. The second-order valence-corrected chi connectivity index (χ2v) is 6.76. The van der Waals surface area contributed by atoms with Crippen molar-refractivity contribution in [1.29, 1.82) is 0 Å². The molecule has 1 fully saturated rings. The van der Waals surface area contributed by atoms with Gasteiger partial charge in [0.05, 0.1) is 6.54 Å². The molecule has 0 radical (unpaired) electrons. The highest BCUT2D eigenvalue weighted by atomic mass is 16.2. The predicted molar refractivity (Wildman–Crippen MR) is 93.7 cm³/mol. The molecule has 1 aliphatic heterocycles. The molecule has 23 heavy (non-hydrogen) atoms. The molecular weight excluding hydrogens is 290 g/mol. The van der Waals surface area contributed by atoms with E-state index in [1.54, 1.807) is 0 Å². The maximum atomic E-state index is 12.6. The van der Waals surface area contributed by atoms with Crippen molar-refractivity contribution in [2.75, 3.05) is 37.6 Å². The van der Waals surface area contributed by atoms with Crippen molar-refractivity contribution in [3.63, 3.8) is 0 Å². The summed E-state index contributed by atoms with van der Waals surface area (Å²) in [5, 5.41) is 0. The molecule has 1 aromatic rings. The number of carbonyl (C=O) groups is 1. The van der Waals surface area contributed by atoms with Crippen molar-refractivity contribution in [3.8, 4) is 0 Å². The van der Waals surface area contributed by atoms with E-state index in [0.717, 1.165) is 38.7 Å². The molecule has 1 amide bonds. The Morgan fingerprint density at radius 2 is 1.78 bits per heavy atom. The lowest BCUT2D eigenvalue weighted by Gasteiger charge is -2.37. The quantitative estimate of drug-likeness (QED) is 0.799. The monoisotopic (exact) mass is 321 g/mol. The number of hydrogen-bond donors (Lipinski definition) is 0. The third-order valence-corrected chi connectivity index (χ3v) is 4.45. The van der Waals surface area contributed by atoms with Crippen molar-refractivity contribution >= 4 is 11.9 Å². The number of hydrogen-bond acceptors (Lipinski definition) is 4. The summed E-state index contributed by atoms with van der Waals surface area (Å²) in [5.41, 5.74) is 0. The van der Waals surface area contributed by atoms with Gasteiger partial charge in [0.25, 0.3) is 0 Å². The molecule has 130 valence electrons. The first-order chi connectivity index (χ1) is 10.9. The van der Waals surface area contributed by atoms with Gasteiger partial charge < -0.3 is 14.4 Å². The van der Waals surface area contributed by atoms with E-state index in [-0.39, 0.29) is 18.0 Å². The molecule has 0 aliphatic carbocycles. The van der Waals surface area contributed by atoms with Crippen LogP contribution in [0, 0.1) is 0 Å². The molecule has 0 spiro atoms. The fourth-order valence-electron chi connectivity index (χ4n) is 3.38. The van der Waals surface area contributed by atoms with Crippen LogP contribution in [-0.2, 0) is 11.3 Å². The maximum absolute atomic E-state index is 12.6. The Bertz CT molecular complexity index is 495. The molecule has 0 bridgehead atoms. The highest BCUT2D eigenvalue weighted by Gasteiger charge is 2.25. The van der Waals surface area contributed by atoms with Crippen LogP contribution in [0.3, 0.4) is 0 Å². The van der Waals surface area contributed by atoms with E-state index < -0.39 is 0 Å². The number of piperazine rings is 1. The van der Waals surface area contributed by atoms with Gasteiger partial charge in [0.2, 0.25) is 11.9 Å². The Morgan fingerprint density at radius 1 is 1.17 bits per heavy atom. The van der Waals surface area contributed by atoms with Crippen LogP contribution in [0.2, 0.25) is 0 Å². The van der Waals surface area contributed by atoms with Gasteiger partial charge in [-0.05, 0) is 34.6 Å². The van der Waals surface area contributed by atoms with Gasteiger partial charge in [-0.2, -0.15) is 0 Å². The molecule has 1 saturated heterocycles. The van der Waals surface area contributed by atoms with E-state index >= 15 is 0 Å². The first-order valence-corrected chi connectivity index (χ1v) is 8.73. The summed E-state index contributed by atoms with van der Waals surface area (Å²) >= 11 is 0. The average Bonchev–Trinajstić information content (AvgIpc) is 2.95. The lowest BCUT2D eigenvalue weighted by molar-refractivity contribution is -0.136. The van der Waals surface area contributed by atoms with Gasteiger partial charge in [0, 0.05) is 57.2 Å². The summed E-state index contributed by atoms with van der Waals surface area (Å²) in [6.45, 7) is 15.6. The van der Waals surface area contributed by atoms with E-state index in [1.807, 2.05) is 17.3 Å². The van der Waals surface area contributed by atoms with Gasteiger partial charge >= 0.3 is 0 Å². The Morgan fingerprint density at radius 3 is 2.30 bits per heavy atom. The number of imidazole rings is 1. The van der Waals surface area contributed by atoms with Crippen LogP contribution in [0.4, 0.5) is 5.95 Å². The largest absolute Gasteiger partial charge is 0.340 e. The number of carbonyl (C=O) groups excluding carboxylic acids is 1. The number of anilines is 1. The molecule has 0 N–H and O–H groups in total. The minimum Gasteiger partial charge on any atom is -0.340 e. The summed E-state index contributed by atoms with van der Waals surface area (Å²) in [6, 6.07) is 0.502. The summed E-state index contributed by atoms with van der Waals surface area (Å²) in [6.07, 6.45) is 3.88. The third-order valence-electron chi connectivity index (χ3n) is 4.45. The fourth-order valence-corrected chi connectivity index (χ4v) is 3.38. The summed E-state index contributed by atoms with van der Waals surface area (Å²) in [7, 11) is 0. The lowest BCUT2D eigenvalue weighted by Crippen LogP contribution is -2.52. The van der Waals surface area contributed by atoms with E-state index in [4.69, 9.17) is 0 Å². The first-order valence-electron chi connectivity index (χ1n) is 8.73. The van der Waals surface area contributed by atoms with Gasteiger partial charge in [-0.25, -0.2) is 4.98 Å². The molecule has 2 rings (SSSR count). The molecule has 6 heteroatoms. The van der Waals surface area contributed by atoms with Crippen molar-refractivity contribution < 1.29 is 4.79 Å². The third kappa shape index (κ3) is 4.25. The van der Waals surface area contributed by atoms with Crippen LogP contribution in [0.15, 0.2) is 12.4 Å². The van der Waals surface area contributed by atoms with Gasteiger partial charge in [-0.3, -0.25) is 9.69 Å². The van der Waals surface area contributed by atoms with Crippen LogP contribution in [-0.4, -0.2) is 70.1 Å². The normalized spacial score (nSPS) is 16.4. The number of rotatable bonds is 6.